The Balaban J connectivity index is 1.96. The molecule has 0 bridgehead atoms. The normalized spacial score (nSPS) is 13.2. The van der Waals surface area contributed by atoms with Gasteiger partial charge in [0.2, 0.25) is 9.84 Å². The van der Waals surface area contributed by atoms with Crippen molar-refractivity contribution in [2.24, 2.45) is 7.05 Å². The Morgan fingerprint density at radius 1 is 0.909 bits per heavy atom. The molecule has 44 heavy (non-hydrogen) atoms. The highest BCUT2D eigenvalue weighted by Crippen LogP contribution is 2.47. The first kappa shape index (κ1) is 31.8. The van der Waals surface area contributed by atoms with Gasteiger partial charge in [-0.1, -0.05) is 35.4 Å². The molecule has 0 amide bonds. The largest absolute Gasteiger partial charge is 0.383 e. The Morgan fingerprint density at radius 2 is 1.59 bits per heavy atom. The predicted octanol–water partition coefficient (Wildman–Crippen LogP) is 2.56. The summed E-state index contributed by atoms with van der Waals surface area (Å²) in [7, 11) is -13.4. The van der Waals surface area contributed by atoms with E-state index in [1.54, 1.807) is 0 Å². The number of aromatic nitrogens is 1. The Bertz CT molecular complexity index is 2260. The lowest BCUT2D eigenvalue weighted by Gasteiger charge is -2.26. The van der Waals surface area contributed by atoms with E-state index in [1.807, 2.05) is 0 Å². The first-order valence-electron chi connectivity index (χ1n) is 12.1. The second kappa shape index (κ2) is 11.4. The highest BCUT2D eigenvalue weighted by Gasteiger charge is 2.38. The fourth-order valence-corrected chi connectivity index (χ4v) is 8.22. The third-order valence-corrected chi connectivity index (χ3v) is 10.7. The number of carbonyl (C=O) groups excluding carboxylic acids is 1. The van der Waals surface area contributed by atoms with Crippen LogP contribution < -0.4 is 10.9 Å². The van der Waals surface area contributed by atoms with Crippen molar-refractivity contribution < 1.29 is 53.8 Å². The summed E-state index contributed by atoms with van der Waals surface area (Å²) in [5.41, 5.74) is -2.69. The van der Waals surface area contributed by atoms with E-state index in [-0.39, 0.29) is 38.2 Å². The standard InChI is InChI=1S/C25H20N2O13S4/c1-27-22-18(44(36,37)38)12-17(26-9-10-42(31,32)33)20-21(22)19(15-7-2-3-8-16(15)23(20)28)24(25(27)29)43(34,35)14-6-4-5-13(11-14)41-40-39-30/h2-8,11-12,26,30H,9-10H2,1H3,(H,31,32,33)(H,36,37,38). The molecule has 0 aliphatic heterocycles. The number of sulfone groups is 1. The highest BCUT2D eigenvalue weighted by molar-refractivity contribution is 7.94. The average molecular weight is 685 g/mol. The van der Waals surface area contributed by atoms with Gasteiger partial charge in [0.25, 0.3) is 25.8 Å². The van der Waals surface area contributed by atoms with Crippen LogP contribution in [0.3, 0.4) is 0 Å². The van der Waals surface area contributed by atoms with Gasteiger partial charge in [-0.05, 0) is 29.8 Å². The van der Waals surface area contributed by atoms with E-state index in [1.165, 1.54) is 42.5 Å². The van der Waals surface area contributed by atoms with Crippen LogP contribution >= 0.6 is 12.0 Å². The Labute approximate surface area is 253 Å². The van der Waals surface area contributed by atoms with Crippen molar-refractivity contribution >= 4 is 64.5 Å². The van der Waals surface area contributed by atoms with Crippen LogP contribution in [0.1, 0.15) is 15.9 Å². The molecule has 1 aliphatic rings. The fourth-order valence-electron chi connectivity index (χ4n) is 4.99. The summed E-state index contributed by atoms with van der Waals surface area (Å²) in [6.45, 7) is -0.520. The predicted molar refractivity (Wildman–Crippen MR) is 155 cm³/mol. The number of ketones is 1. The summed E-state index contributed by atoms with van der Waals surface area (Å²) >= 11 is 0.456. The second-order valence-corrected chi connectivity index (χ2v) is 15.0. The maximum atomic E-state index is 14.2. The number of hydrogen-bond acceptors (Lipinski definition) is 13. The minimum Gasteiger partial charge on any atom is -0.383 e. The maximum absolute atomic E-state index is 14.2. The molecule has 4 N–H and O–H groups in total. The summed E-state index contributed by atoms with van der Waals surface area (Å²) < 4.78 is 101. The van der Waals surface area contributed by atoms with Gasteiger partial charge in [0, 0.05) is 40.7 Å². The van der Waals surface area contributed by atoms with Gasteiger partial charge >= 0.3 is 0 Å². The SMILES string of the molecule is Cn1c(=O)c(S(=O)(=O)c2cccc(SOOO)c2)c2c3c(c(NCCS(=O)(=O)O)cc(S(=O)(=O)O)c31)C(=O)c1ccccc1-2. The zero-order valence-corrected chi connectivity index (χ0v) is 25.4. The lowest BCUT2D eigenvalue weighted by molar-refractivity contribution is -0.432. The van der Waals surface area contributed by atoms with E-state index in [0.717, 1.165) is 19.2 Å². The number of nitrogens with zero attached hydrogens (tertiary/aromatic N) is 1. The van der Waals surface area contributed by atoms with E-state index in [4.69, 9.17) is 5.26 Å². The zero-order chi connectivity index (χ0) is 32.2. The Morgan fingerprint density at radius 3 is 2.23 bits per heavy atom. The molecule has 0 saturated heterocycles. The zero-order valence-electron chi connectivity index (χ0n) is 22.1. The summed E-state index contributed by atoms with van der Waals surface area (Å²) in [6.07, 6.45) is 0. The van der Waals surface area contributed by atoms with Crippen LogP contribution in [-0.4, -0.2) is 62.3 Å². The first-order valence-corrected chi connectivity index (χ1v) is 17.4. The van der Waals surface area contributed by atoms with E-state index in [9.17, 15) is 43.9 Å². The number of nitrogens with one attached hydrogen (secondary N) is 1. The molecule has 0 saturated carbocycles. The number of carbonyl (C=O) groups is 1. The number of anilines is 1. The number of pyridine rings is 1. The highest BCUT2D eigenvalue weighted by atomic mass is 32.2. The molecule has 1 heterocycles. The molecular formula is C25H20N2O13S4. The van der Waals surface area contributed by atoms with Crippen LogP contribution in [0.25, 0.3) is 22.0 Å². The molecule has 5 rings (SSSR count). The second-order valence-electron chi connectivity index (χ2n) is 9.36. The molecule has 0 unspecified atom stereocenters. The minimum absolute atomic E-state index is 0.0230. The van der Waals surface area contributed by atoms with Crippen LogP contribution in [-0.2, 0) is 46.5 Å². The molecule has 0 atom stereocenters. The number of benzene rings is 3. The lowest BCUT2D eigenvalue weighted by atomic mass is 9.83. The molecule has 4 aromatic rings. The van der Waals surface area contributed by atoms with Crippen LogP contribution in [0, 0.1) is 0 Å². The quantitative estimate of drug-likeness (QED) is 0.0716. The van der Waals surface area contributed by atoms with Crippen molar-refractivity contribution in [1.29, 1.82) is 0 Å². The molecule has 19 heteroatoms. The molecule has 3 aromatic carbocycles. The Kier molecular flexibility index (Phi) is 8.20. The van der Waals surface area contributed by atoms with Crippen molar-refractivity contribution in [3.05, 3.63) is 76.1 Å². The van der Waals surface area contributed by atoms with E-state index >= 15 is 0 Å². The van der Waals surface area contributed by atoms with Crippen LogP contribution in [0.15, 0.2) is 79.0 Å². The summed E-state index contributed by atoms with van der Waals surface area (Å²) in [5.74, 6) is -1.58. The summed E-state index contributed by atoms with van der Waals surface area (Å²) in [6, 6.07) is 11.5. The van der Waals surface area contributed by atoms with Crippen molar-refractivity contribution in [1.82, 2.24) is 4.57 Å². The third-order valence-electron chi connectivity index (χ3n) is 6.74. The Hall–Kier alpha value is -3.66. The molecule has 0 spiro atoms. The van der Waals surface area contributed by atoms with E-state index in [2.05, 4.69) is 14.7 Å². The van der Waals surface area contributed by atoms with Gasteiger partial charge in [-0.15, -0.1) is 4.33 Å². The van der Waals surface area contributed by atoms with E-state index in [0.29, 0.717) is 16.6 Å². The number of hydrogen-bond donors (Lipinski definition) is 4. The molecule has 0 radical (unpaired) electrons. The van der Waals surface area contributed by atoms with Crippen LogP contribution in [0.2, 0.25) is 0 Å². The molecular weight excluding hydrogens is 665 g/mol. The van der Waals surface area contributed by atoms with Crippen LogP contribution in [0.4, 0.5) is 5.69 Å². The van der Waals surface area contributed by atoms with Gasteiger partial charge in [0.05, 0.1) is 33.8 Å². The van der Waals surface area contributed by atoms with Crippen molar-refractivity contribution in [3.8, 4) is 11.1 Å². The monoisotopic (exact) mass is 684 g/mol. The van der Waals surface area contributed by atoms with Gasteiger partial charge < -0.3 is 9.88 Å². The number of fused-ring (bicyclic) bond motifs is 2. The number of rotatable bonds is 10. The molecule has 232 valence electrons. The third kappa shape index (κ3) is 5.53. The minimum atomic E-state index is -5.15. The van der Waals surface area contributed by atoms with Crippen molar-refractivity contribution in [3.63, 3.8) is 0 Å². The van der Waals surface area contributed by atoms with Gasteiger partial charge in [0.1, 0.15) is 9.79 Å². The topological polar surface area (TPSA) is 233 Å². The van der Waals surface area contributed by atoms with Gasteiger partial charge in [-0.3, -0.25) is 18.7 Å². The summed E-state index contributed by atoms with van der Waals surface area (Å²) in [4.78, 5) is 25.9. The van der Waals surface area contributed by atoms with Crippen molar-refractivity contribution in [2.45, 2.75) is 19.6 Å². The molecule has 15 nitrogen and oxygen atoms in total. The maximum Gasteiger partial charge on any atom is 0.296 e. The summed E-state index contributed by atoms with van der Waals surface area (Å²) in [5, 5.41) is 14.3. The number of aryl methyl sites for hydroxylation is 1. The van der Waals surface area contributed by atoms with Gasteiger partial charge in [-0.2, -0.15) is 16.8 Å². The van der Waals surface area contributed by atoms with Gasteiger partial charge in [0.15, 0.2) is 5.78 Å². The van der Waals surface area contributed by atoms with E-state index < -0.39 is 73.9 Å². The van der Waals surface area contributed by atoms with Crippen LogP contribution in [0.5, 0.6) is 0 Å². The molecule has 1 aliphatic carbocycles. The smallest absolute Gasteiger partial charge is 0.296 e. The van der Waals surface area contributed by atoms with Crippen molar-refractivity contribution in [2.75, 3.05) is 17.6 Å². The molecule has 1 aromatic heterocycles. The fraction of sp³-hybridized carbons (Fsp3) is 0.120. The van der Waals surface area contributed by atoms with Gasteiger partial charge in [-0.25, -0.2) is 13.7 Å². The molecule has 0 fully saturated rings. The lowest BCUT2D eigenvalue weighted by Crippen LogP contribution is -2.29. The average Bonchev–Trinajstić information content (AvgIpc) is 2.95. The first-order chi connectivity index (χ1) is 20.6.